The van der Waals surface area contributed by atoms with Crippen LogP contribution in [-0.2, 0) is 48.3 Å². The van der Waals surface area contributed by atoms with E-state index in [0.29, 0.717) is 0 Å². The van der Waals surface area contributed by atoms with Crippen LogP contribution in [0.1, 0.15) is 0 Å². The molecule has 0 heterocycles. The Morgan fingerprint density at radius 3 is 0.409 bits per heavy atom. The van der Waals surface area contributed by atoms with E-state index < -0.39 is 31.2 Å². The minimum atomic E-state index is -5.17. The molecular weight excluding hydrogens is 461 g/mol. The second kappa shape index (κ2) is 28.8. The molecule has 125 valence electrons. The number of hydrogen-bond acceptors (Lipinski definition) is 12. The molecule has 0 amide bonds. The van der Waals surface area contributed by atoms with Crippen molar-refractivity contribution in [2.24, 2.45) is 0 Å². The fraction of sp³-hybridized carbons (Fsp3) is 0. The Labute approximate surface area is 203 Å². The van der Waals surface area contributed by atoms with Gasteiger partial charge in [-0.3, -0.25) is 25.3 Å². The Balaban J connectivity index is -0.0000000106. The first-order valence-corrected chi connectivity index (χ1v) is 6.00. The Bertz CT molecular complexity index is 351. The van der Waals surface area contributed by atoms with Gasteiger partial charge in [-0.1, -0.05) is 0 Å². The summed E-state index contributed by atoms with van der Waals surface area (Å²) in [5, 5.41) is 0. The van der Waals surface area contributed by atoms with Gasteiger partial charge in [-0.2, -0.15) is 0 Å². The molecule has 0 atom stereocenters. The van der Waals surface area contributed by atoms with Gasteiger partial charge >= 0.3 is 106 Å². The topological polar surface area (TPSA) is 335 Å². The van der Waals surface area contributed by atoms with Crippen LogP contribution in [0.5, 0.6) is 0 Å². The molecular formula is H6FeNa3O15S3. The van der Waals surface area contributed by atoms with E-state index in [4.69, 9.17) is 52.6 Å². The van der Waals surface area contributed by atoms with Crippen LogP contribution < -0.4 is 88.7 Å². The summed E-state index contributed by atoms with van der Waals surface area (Å²) in [5.41, 5.74) is 0. The molecule has 22 heavy (non-hydrogen) atoms. The van der Waals surface area contributed by atoms with E-state index in [0.717, 1.165) is 0 Å². The SMILES string of the molecule is O.O.O.O=S(=O)([O-])[O-].O=S(=O)([O-])[O-].O=S(=O)([O-])[O-].[Fe+3].[Na+].[Na+].[Na+]. The molecule has 15 nitrogen and oxygen atoms in total. The molecule has 0 unspecified atom stereocenters. The van der Waals surface area contributed by atoms with Crippen LogP contribution in [0.4, 0.5) is 0 Å². The second-order valence-electron chi connectivity index (χ2n) is 1.22. The van der Waals surface area contributed by atoms with Gasteiger partial charge in [0.2, 0.25) is 0 Å². The van der Waals surface area contributed by atoms with Crippen molar-refractivity contribution >= 4 is 31.2 Å². The van der Waals surface area contributed by atoms with Gasteiger partial charge in [0.1, 0.15) is 0 Å². The van der Waals surface area contributed by atoms with Crippen molar-refractivity contribution in [3.05, 3.63) is 0 Å². The maximum atomic E-state index is 8.52. The van der Waals surface area contributed by atoms with Crippen LogP contribution in [0.25, 0.3) is 0 Å². The summed E-state index contributed by atoms with van der Waals surface area (Å²) >= 11 is 0. The van der Waals surface area contributed by atoms with Crippen molar-refractivity contribution in [3.8, 4) is 0 Å². The third-order valence-corrected chi connectivity index (χ3v) is 0. The molecule has 0 saturated carbocycles. The van der Waals surface area contributed by atoms with E-state index >= 15 is 0 Å². The average Bonchev–Trinajstić information content (AvgIpc) is 1.41. The first-order valence-electron chi connectivity index (χ1n) is 2.00. The van der Waals surface area contributed by atoms with Crippen LogP contribution in [0, 0.1) is 0 Å². The molecule has 0 aromatic carbocycles. The fourth-order valence-corrected chi connectivity index (χ4v) is 0. The van der Waals surface area contributed by atoms with E-state index in [9.17, 15) is 0 Å². The molecule has 0 fully saturated rings. The Morgan fingerprint density at radius 2 is 0.409 bits per heavy atom. The molecule has 0 aromatic rings. The van der Waals surface area contributed by atoms with E-state index in [1.807, 2.05) is 0 Å². The summed E-state index contributed by atoms with van der Waals surface area (Å²) in [5.74, 6) is 0. The first-order chi connectivity index (χ1) is 6.00. The van der Waals surface area contributed by atoms with Gasteiger partial charge < -0.3 is 43.7 Å². The van der Waals surface area contributed by atoms with Crippen molar-refractivity contribution < 1.29 is 175 Å². The molecule has 0 spiro atoms. The van der Waals surface area contributed by atoms with Crippen LogP contribution in [-0.4, -0.2) is 69.0 Å². The van der Waals surface area contributed by atoms with Gasteiger partial charge in [-0.15, -0.1) is 0 Å². The summed E-state index contributed by atoms with van der Waals surface area (Å²) in [6.07, 6.45) is 0. The Hall–Kier alpha value is 3.01. The maximum Gasteiger partial charge on any atom is 3.00 e. The van der Waals surface area contributed by atoms with Gasteiger partial charge in [0, 0.05) is 31.2 Å². The van der Waals surface area contributed by atoms with Crippen molar-refractivity contribution in [1.29, 1.82) is 0 Å². The van der Waals surface area contributed by atoms with E-state index in [1.165, 1.54) is 0 Å². The smallest absolute Gasteiger partial charge is 0.759 e. The van der Waals surface area contributed by atoms with Crippen molar-refractivity contribution in [1.82, 2.24) is 0 Å². The summed E-state index contributed by atoms with van der Waals surface area (Å²) < 4.78 is 102. The zero-order valence-corrected chi connectivity index (χ0v) is 20.5. The molecule has 0 aliphatic heterocycles. The third kappa shape index (κ3) is 1230. The molecule has 6 N–H and O–H groups in total. The van der Waals surface area contributed by atoms with E-state index in [-0.39, 0.29) is 122 Å². The normalized spacial score (nSPS) is 7.91. The zero-order chi connectivity index (χ0) is 13.5. The van der Waals surface area contributed by atoms with Crippen LogP contribution in [0.3, 0.4) is 0 Å². The van der Waals surface area contributed by atoms with Gasteiger partial charge in [0.05, 0.1) is 0 Å². The summed E-state index contributed by atoms with van der Waals surface area (Å²) in [4.78, 5) is 0. The van der Waals surface area contributed by atoms with Crippen LogP contribution in [0.2, 0.25) is 0 Å². The Kier molecular flexibility index (Phi) is 83.8. The molecule has 0 aromatic heterocycles. The number of hydrogen-bond donors (Lipinski definition) is 0. The average molecular weight is 467 g/mol. The summed E-state index contributed by atoms with van der Waals surface area (Å²) in [7, 11) is -15.5. The molecule has 22 heteroatoms. The predicted octanol–water partition coefficient (Wildman–Crippen LogP) is -15.5. The zero-order valence-electron chi connectivity index (χ0n) is 11.0. The fourth-order valence-electron chi connectivity index (χ4n) is 0. The Morgan fingerprint density at radius 1 is 0.409 bits per heavy atom. The largest absolute Gasteiger partial charge is 3.00 e. The molecule has 0 saturated heterocycles. The monoisotopic (exact) mass is 467 g/mol. The van der Waals surface area contributed by atoms with Crippen LogP contribution >= 0.6 is 0 Å². The van der Waals surface area contributed by atoms with Gasteiger partial charge in [0.25, 0.3) is 0 Å². The third-order valence-electron chi connectivity index (χ3n) is 0. The van der Waals surface area contributed by atoms with Crippen molar-refractivity contribution in [2.75, 3.05) is 0 Å². The maximum absolute atomic E-state index is 8.52. The molecule has 0 aliphatic carbocycles. The van der Waals surface area contributed by atoms with Gasteiger partial charge in [-0.25, -0.2) is 0 Å². The minimum absolute atomic E-state index is 0. The molecule has 1 radical (unpaired) electrons. The van der Waals surface area contributed by atoms with Crippen molar-refractivity contribution in [3.63, 3.8) is 0 Å². The second-order valence-corrected chi connectivity index (χ2v) is 3.67. The molecule has 0 bridgehead atoms. The molecule has 0 aliphatic rings. The van der Waals surface area contributed by atoms with Gasteiger partial charge in [-0.05, 0) is 0 Å². The molecule has 0 rings (SSSR count). The quantitative estimate of drug-likeness (QED) is 0.182. The summed E-state index contributed by atoms with van der Waals surface area (Å²) in [6, 6.07) is 0. The van der Waals surface area contributed by atoms with Crippen LogP contribution in [0.15, 0.2) is 0 Å². The standard InChI is InChI=1S/Fe.3Na.3H2O4S.3H2O/c;;;;3*1-5(2,3)4;;;/h;;;;3*(H2,1,2,3,4);3*1H2/q+3;3*+1;;;;;;/p-6. The van der Waals surface area contributed by atoms with Crippen molar-refractivity contribution in [2.45, 2.75) is 0 Å². The number of rotatable bonds is 0. The summed E-state index contributed by atoms with van der Waals surface area (Å²) in [6.45, 7) is 0. The first kappa shape index (κ1) is 64.0. The van der Waals surface area contributed by atoms with Gasteiger partial charge in [0.15, 0.2) is 0 Å². The van der Waals surface area contributed by atoms with E-state index in [1.54, 1.807) is 0 Å². The predicted molar refractivity (Wildman–Crippen MR) is 42.3 cm³/mol. The van der Waals surface area contributed by atoms with E-state index in [2.05, 4.69) is 0 Å². The minimum Gasteiger partial charge on any atom is -0.759 e.